The lowest BCUT2D eigenvalue weighted by atomic mass is 10.0. The number of benzene rings is 2. The Labute approximate surface area is 252 Å². The van der Waals surface area contributed by atoms with E-state index in [9.17, 15) is 33.9 Å². The summed E-state index contributed by atoms with van der Waals surface area (Å²) in [6.07, 6.45) is 2.04. The van der Waals surface area contributed by atoms with E-state index in [4.69, 9.17) is 25.8 Å². The van der Waals surface area contributed by atoms with Crippen molar-refractivity contribution < 1.29 is 58.7 Å². The van der Waals surface area contributed by atoms with Crippen molar-refractivity contribution in [2.45, 2.75) is 33.1 Å². The number of hydrogen-bond donors (Lipinski definition) is 5. The van der Waals surface area contributed by atoms with Crippen LogP contribution in [0.5, 0.6) is 11.5 Å². The van der Waals surface area contributed by atoms with Crippen molar-refractivity contribution in [3.05, 3.63) is 77.4 Å². The fourth-order valence-electron chi connectivity index (χ4n) is 2.82. The average molecular weight is 615 g/mol. The molecule has 14 nitrogen and oxygen atoms in total. The van der Waals surface area contributed by atoms with Crippen LogP contribution in [0, 0.1) is 0 Å². The van der Waals surface area contributed by atoms with Crippen LogP contribution in [0.4, 0.5) is 5.69 Å². The number of aromatic carboxylic acids is 2. The smallest absolute Gasteiger partial charge is 0.339 e. The number of carbonyl (C=O) groups excluding carboxylic acids is 4. The zero-order chi connectivity index (χ0) is 33.8. The molecule has 0 saturated carbocycles. The first-order chi connectivity index (χ1) is 20.6. The van der Waals surface area contributed by atoms with Gasteiger partial charge in [0, 0.05) is 35.7 Å². The molecule has 0 radical (unpaired) electrons. The Morgan fingerprint density at radius 3 is 1.80 bits per heavy atom. The summed E-state index contributed by atoms with van der Waals surface area (Å²) in [4.78, 5) is 67.3. The minimum absolute atomic E-state index is 0.0852. The van der Waals surface area contributed by atoms with Crippen molar-refractivity contribution >= 4 is 41.4 Å². The van der Waals surface area contributed by atoms with Gasteiger partial charge in [0.15, 0.2) is 0 Å². The molecule has 14 heteroatoms. The highest BCUT2D eigenvalue weighted by Gasteiger charge is 2.12. The van der Waals surface area contributed by atoms with E-state index in [0.717, 1.165) is 0 Å². The molecular formula is C30H34N2O12. The van der Waals surface area contributed by atoms with Crippen LogP contribution in [0.15, 0.2) is 65.7 Å². The van der Waals surface area contributed by atoms with Gasteiger partial charge in [0.25, 0.3) is 0 Å². The van der Waals surface area contributed by atoms with Crippen LogP contribution < -0.4 is 5.73 Å². The Bertz CT molecular complexity index is 1430. The number of ketones is 1. The first-order valence-electron chi connectivity index (χ1n) is 12.7. The predicted octanol–water partition coefficient (Wildman–Crippen LogP) is 3.22. The fraction of sp³-hybridized carbons (Fsp3) is 0.267. The highest BCUT2D eigenvalue weighted by atomic mass is 16.5. The Morgan fingerprint density at radius 1 is 0.841 bits per heavy atom. The lowest BCUT2D eigenvalue weighted by Crippen LogP contribution is -2.09. The van der Waals surface area contributed by atoms with Crippen molar-refractivity contribution in [1.82, 2.24) is 0 Å². The first kappa shape index (κ1) is 38.2. The van der Waals surface area contributed by atoms with Crippen LogP contribution in [0.25, 0.3) is 0 Å². The number of Topliss-reactive ketones (excluding diaryl/α,β-unsaturated/α-hetero) is 1. The van der Waals surface area contributed by atoms with E-state index in [1.807, 2.05) is 0 Å². The van der Waals surface area contributed by atoms with Crippen molar-refractivity contribution in [2.75, 3.05) is 25.5 Å². The Hall–Kier alpha value is -5.75. The minimum Gasteiger partial charge on any atom is -0.507 e. The molecule has 44 heavy (non-hydrogen) atoms. The number of isocyanates is 1. The molecule has 0 aliphatic rings. The highest BCUT2D eigenvalue weighted by molar-refractivity contribution is 5.92. The van der Waals surface area contributed by atoms with Crippen molar-refractivity contribution in [1.29, 1.82) is 0 Å². The van der Waals surface area contributed by atoms with Gasteiger partial charge in [0.2, 0.25) is 6.08 Å². The second kappa shape index (κ2) is 20.2. The van der Waals surface area contributed by atoms with Crippen LogP contribution in [0.1, 0.15) is 53.0 Å². The first-order valence-corrected chi connectivity index (χ1v) is 12.7. The van der Waals surface area contributed by atoms with E-state index in [-0.39, 0.29) is 61.0 Å². The molecule has 2 rings (SSSR count). The maximum atomic E-state index is 11.8. The molecule has 0 aliphatic heterocycles. The monoisotopic (exact) mass is 614 g/mol. The molecule has 0 amide bonds. The third-order valence-electron chi connectivity index (χ3n) is 4.98. The number of carboxylic acids is 2. The van der Waals surface area contributed by atoms with E-state index in [1.165, 1.54) is 42.5 Å². The zero-order valence-corrected chi connectivity index (χ0v) is 24.2. The van der Waals surface area contributed by atoms with Crippen molar-refractivity contribution in [2.24, 2.45) is 4.99 Å². The van der Waals surface area contributed by atoms with Gasteiger partial charge in [0.05, 0.1) is 13.2 Å². The molecule has 0 bridgehead atoms. The maximum absolute atomic E-state index is 11.8. The van der Waals surface area contributed by atoms with E-state index in [0.29, 0.717) is 28.8 Å². The molecule has 236 valence electrons. The molecule has 0 aromatic heterocycles. The highest BCUT2D eigenvalue weighted by Crippen LogP contribution is 2.20. The Morgan fingerprint density at radius 2 is 1.34 bits per heavy atom. The van der Waals surface area contributed by atoms with Crippen molar-refractivity contribution in [3.63, 3.8) is 0 Å². The van der Waals surface area contributed by atoms with Gasteiger partial charge in [-0.3, -0.25) is 4.79 Å². The van der Waals surface area contributed by atoms with Gasteiger partial charge in [-0.1, -0.05) is 19.2 Å². The summed E-state index contributed by atoms with van der Waals surface area (Å²) in [6, 6.07) is 7.89. The number of aliphatic imine (C=N–C) groups is 1. The third kappa shape index (κ3) is 15.9. The standard InChI is InChI=1S/C16H18O6.C7H7NO3.C7H9NO3/c1-10(2)16(21)22-7-3-4-12(17)8-11-5-6-13(15(19)20)14(18)9-11;8-4-1-2-5(7(10)11)6(9)3-4;1-6(2)7(10)11-4-3-8-5-9/h5-6,9,18H,1,3-4,7-8H2,2H3,(H,19,20);1-3,9H,8H2,(H,10,11);1,3-4H2,2H3. The molecule has 0 fully saturated rings. The van der Waals surface area contributed by atoms with Crippen LogP contribution in [-0.4, -0.2) is 75.9 Å². The normalized spacial score (nSPS) is 9.41. The number of ether oxygens (including phenoxy) is 2. The quantitative estimate of drug-likeness (QED) is 0.0544. The summed E-state index contributed by atoms with van der Waals surface area (Å²) >= 11 is 0. The van der Waals surface area contributed by atoms with Gasteiger partial charge in [-0.05, 0) is 50.1 Å². The number of carboxylic acid groups (broad SMARTS) is 2. The number of nitrogens with two attached hydrogens (primary N) is 1. The van der Waals surface area contributed by atoms with Crippen molar-refractivity contribution in [3.8, 4) is 11.5 Å². The largest absolute Gasteiger partial charge is 0.507 e. The number of aromatic hydroxyl groups is 2. The summed E-state index contributed by atoms with van der Waals surface area (Å²) in [5.74, 6) is -4.11. The summed E-state index contributed by atoms with van der Waals surface area (Å²) in [5, 5.41) is 35.8. The maximum Gasteiger partial charge on any atom is 0.339 e. The van der Waals surface area contributed by atoms with Crippen LogP contribution in [0.3, 0.4) is 0 Å². The zero-order valence-electron chi connectivity index (χ0n) is 24.2. The molecule has 6 N–H and O–H groups in total. The van der Waals surface area contributed by atoms with Crippen LogP contribution in [0.2, 0.25) is 0 Å². The van der Waals surface area contributed by atoms with Gasteiger partial charge >= 0.3 is 23.9 Å². The number of hydrogen-bond acceptors (Lipinski definition) is 12. The molecule has 0 aliphatic carbocycles. The second-order valence-electron chi connectivity index (χ2n) is 8.86. The van der Waals surface area contributed by atoms with Crippen LogP contribution in [-0.2, 0) is 35.1 Å². The molecule has 2 aromatic carbocycles. The van der Waals surface area contributed by atoms with Gasteiger partial charge in [-0.2, -0.15) is 0 Å². The van der Waals surface area contributed by atoms with Gasteiger partial charge in [-0.25, -0.2) is 29.0 Å². The van der Waals surface area contributed by atoms with E-state index in [1.54, 1.807) is 13.8 Å². The minimum atomic E-state index is -1.23. The molecule has 2 aromatic rings. The fourth-order valence-corrected chi connectivity index (χ4v) is 2.82. The van der Waals surface area contributed by atoms with E-state index < -0.39 is 23.9 Å². The number of nitrogens with zero attached hydrogens (tertiary/aromatic N) is 1. The predicted molar refractivity (Wildman–Crippen MR) is 157 cm³/mol. The molecular weight excluding hydrogens is 580 g/mol. The van der Waals surface area contributed by atoms with E-state index in [2.05, 4.69) is 22.9 Å². The molecule has 0 heterocycles. The Kier molecular flexibility index (Phi) is 17.5. The number of anilines is 1. The molecule has 0 spiro atoms. The topological polar surface area (TPSA) is 240 Å². The number of carbonyl (C=O) groups is 5. The number of nitrogen functional groups attached to an aromatic ring is 1. The summed E-state index contributed by atoms with van der Waals surface area (Å²) in [6.45, 7) is 10.3. The number of phenols is 2. The SMILES string of the molecule is C=C(C)C(=O)OCCCC(=O)Cc1ccc(C(=O)O)c(O)c1.C=C(C)C(=O)OCCN=C=O.Nc1ccc(C(=O)O)c(O)c1. The summed E-state index contributed by atoms with van der Waals surface area (Å²) in [7, 11) is 0. The van der Waals surface area contributed by atoms with Crippen LogP contribution >= 0.6 is 0 Å². The van der Waals surface area contributed by atoms with Gasteiger partial charge in [-0.15, -0.1) is 0 Å². The third-order valence-corrected chi connectivity index (χ3v) is 4.98. The second-order valence-corrected chi connectivity index (χ2v) is 8.86. The molecule has 0 atom stereocenters. The lowest BCUT2D eigenvalue weighted by Gasteiger charge is -2.05. The number of esters is 2. The number of rotatable bonds is 13. The lowest BCUT2D eigenvalue weighted by molar-refractivity contribution is -0.139. The van der Waals surface area contributed by atoms with Gasteiger partial charge < -0.3 is 35.6 Å². The van der Waals surface area contributed by atoms with Gasteiger partial charge in [0.1, 0.15) is 35.0 Å². The summed E-state index contributed by atoms with van der Waals surface area (Å²) in [5.41, 5.74) is 6.44. The average Bonchev–Trinajstić information content (AvgIpc) is 2.93. The molecule has 0 unspecified atom stereocenters. The summed E-state index contributed by atoms with van der Waals surface area (Å²) < 4.78 is 9.46. The molecule has 0 saturated heterocycles. The Balaban J connectivity index is 0.000000704. The van der Waals surface area contributed by atoms with E-state index >= 15 is 0 Å².